The van der Waals surface area contributed by atoms with Gasteiger partial charge >= 0.3 is 0 Å². The maximum atomic E-state index is 14.0. The molecule has 1 unspecified atom stereocenters. The number of methoxy groups -OCH3 is 1. The predicted molar refractivity (Wildman–Crippen MR) is 78.1 cm³/mol. The molecule has 2 rings (SSSR count). The van der Waals surface area contributed by atoms with Gasteiger partial charge in [-0.1, -0.05) is 33.6 Å². The first-order valence-corrected chi connectivity index (χ1v) is 6.84. The Balaban J connectivity index is 2.50. The number of nitrogens with two attached hydrogens (primary N) is 1. The highest BCUT2D eigenvalue weighted by molar-refractivity contribution is 9.10. The second-order valence-electron chi connectivity index (χ2n) is 4.15. The molecular formula is C14H11BrClF2NO. The van der Waals surface area contributed by atoms with E-state index < -0.39 is 17.7 Å². The summed E-state index contributed by atoms with van der Waals surface area (Å²) in [6.07, 6.45) is 0. The van der Waals surface area contributed by atoms with E-state index in [1.54, 1.807) is 18.2 Å². The lowest BCUT2D eigenvalue weighted by atomic mass is 9.98. The summed E-state index contributed by atoms with van der Waals surface area (Å²) in [7, 11) is 1.33. The van der Waals surface area contributed by atoms with E-state index in [9.17, 15) is 8.78 Å². The van der Waals surface area contributed by atoms with E-state index in [-0.39, 0.29) is 11.3 Å². The molecule has 2 N–H and O–H groups in total. The Kier molecular flexibility index (Phi) is 4.62. The molecule has 106 valence electrons. The molecular weight excluding hydrogens is 352 g/mol. The smallest absolute Gasteiger partial charge is 0.134 e. The third kappa shape index (κ3) is 2.95. The van der Waals surface area contributed by atoms with Crippen molar-refractivity contribution in [1.29, 1.82) is 0 Å². The number of ether oxygens (including phenoxy) is 1. The summed E-state index contributed by atoms with van der Waals surface area (Å²) in [4.78, 5) is 0. The Morgan fingerprint density at radius 3 is 2.30 bits per heavy atom. The van der Waals surface area contributed by atoms with Crippen molar-refractivity contribution in [2.75, 3.05) is 7.11 Å². The van der Waals surface area contributed by atoms with Crippen molar-refractivity contribution in [2.24, 2.45) is 5.73 Å². The molecule has 0 fully saturated rings. The van der Waals surface area contributed by atoms with E-state index in [2.05, 4.69) is 15.9 Å². The predicted octanol–water partition coefficient (Wildman–Crippen LogP) is 4.44. The molecule has 1 atom stereocenters. The summed E-state index contributed by atoms with van der Waals surface area (Å²) < 4.78 is 33.5. The van der Waals surface area contributed by atoms with Crippen molar-refractivity contribution in [3.63, 3.8) is 0 Å². The summed E-state index contributed by atoms with van der Waals surface area (Å²) in [6.45, 7) is 0. The number of rotatable bonds is 3. The topological polar surface area (TPSA) is 35.2 Å². The zero-order valence-corrected chi connectivity index (χ0v) is 12.8. The van der Waals surface area contributed by atoms with Crippen LogP contribution >= 0.6 is 27.5 Å². The van der Waals surface area contributed by atoms with Crippen LogP contribution in [0.2, 0.25) is 5.02 Å². The first kappa shape index (κ1) is 15.2. The van der Waals surface area contributed by atoms with Crippen molar-refractivity contribution in [2.45, 2.75) is 6.04 Å². The molecule has 0 amide bonds. The second-order valence-corrected chi connectivity index (χ2v) is 5.47. The molecule has 20 heavy (non-hydrogen) atoms. The lowest BCUT2D eigenvalue weighted by Gasteiger charge is -2.16. The second kappa shape index (κ2) is 6.08. The Bertz CT molecular complexity index is 628. The molecule has 2 aromatic carbocycles. The van der Waals surface area contributed by atoms with Gasteiger partial charge in [-0.15, -0.1) is 0 Å². The molecule has 0 aliphatic carbocycles. The van der Waals surface area contributed by atoms with Crippen molar-refractivity contribution in [1.82, 2.24) is 0 Å². The first-order chi connectivity index (χ1) is 9.43. The van der Waals surface area contributed by atoms with Crippen LogP contribution in [0.25, 0.3) is 0 Å². The Morgan fingerprint density at radius 1 is 1.20 bits per heavy atom. The van der Waals surface area contributed by atoms with Gasteiger partial charge in [0.2, 0.25) is 0 Å². The normalized spacial score (nSPS) is 12.3. The van der Waals surface area contributed by atoms with Crippen LogP contribution in [0, 0.1) is 11.6 Å². The Morgan fingerprint density at radius 2 is 1.80 bits per heavy atom. The molecule has 0 bridgehead atoms. The minimum Gasteiger partial charge on any atom is -0.497 e. The van der Waals surface area contributed by atoms with E-state index in [0.29, 0.717) is 10.6 Å². The molecule has 0 saturated heterocycles. The summed E-state index contributed by atoms with van der Waals surface area (Å²) in [5, 5.41) is 0.335. The lowest BCUT2D eigenvalue weighted by Crippen LogP contribution is -2.16. The average Bonchev–Trinajstić information content (AvgIpc) is 2.37. The zero-order chi connectivity index (χ0) is 14.9. The van der Waals surface area contributed by atoms with Crippen molar-refractivity contribution in [3.05, 3.63) is 62.6 Å². The van der Waals surface area contributed by atoms with Crippen LogP contribution in [0.5, 0.6) is 5.75 Å². The summed E-state index contributed by atoms with van der Waals surface area (Å²) in [5.74, 6) is -1.44. The first-order valence-electron chi connectivity index (χ1n) is 5.67. The van der Waals surface area contributed by atoms with E-state index in [0.717, 1.165) is 16.6 Å². The summed E-state index contributed by atoms with van der Waals surface area (Å²) in [5.41, 5.74) is 6.14. The monoisotopic (exact) mass is 361 g/mol. The largest absolute Gasteiger partial charge is 0.497 e. The van der Waals surface area contributed by atoms with Crippen molar-refractivity contribution < 1.29 is 13.5 Å². The Labute approximate surface area is 128 Å². The van der Waals surface area contributed by atoms with Crippen molar-refractivity contribution >= 4 is 27.5 Å². The van der Waals surface area contributed by atoms with Gasteiger partial charge in [0.1, 0.15) is 17.4 Å². The highest BCUT2D eigenvalue weighted by Crippen LogP contribution is 2.33. The molecule has 2 aromatic rings. The van der Waals surface area contributed by atoms with Gasteiger partial charge in [0.05, 0.1) is 13.2 Å². The summed E-state index contributed by atoms with van der Waals surface area (Å²) in [6, 6.07) is 6.13. The molecule has 2 nitrogen and oxygen atoms in total. The maximum Gasteiger partial charge on any atom is 0.134 e. The molecule has 0 radical (unpaired) electrons. The minimum absolute atomic E-state index is 0.0952. The third-order valence-electron chi connectivity index (χ3n) is 2.90. The van der Waals surface area contributed by atoms with Crippen LogP contribution in [0.4, 0.5) is 8.78 Å². The van der Waals surface area contributed by atoms with E-state index in [4.69, 9.17) is 22.1 Å². The molecule has 0 heterocycles. The lowest BCUT2D eigenvalue weighted by molar-refractivity contribution is 0.404. The molecule has 0 aliphatic rings. The van der Waals surface area contributed by atoms with Gasteiger partial charge in [-0.25, -0.2) is 8.78 Å². The molecule has 0 aromatic heterocycles. The van der Waals surface area contributed by atoms with Crippen LogP contribution in [-0.2, 0) is 0 Å². The Hall–Kier alpha value is -1.17. The zero-order valence-electron chi connectivity index (χ0n) is 10.5. The minimum atomic E-state index is -0.999. The number of halogens is 4. The SMILES string of the molecule is COc1cc(F)c(C(N)c2ccc(Br)cc2Cl)c(F)c1. The van der Waals surface area contributed by atoms with Crippen molar-refractivity contribution in [3.8, 4) is 5.75 Å². The quantitative estimate of drug-likeness (QED) is 0.876. The molecule has 0 saturated carbocycles. The van der Waals surface area contributed by atoms with Gasteiger partial charge in [-0.2, -0.15) is 0 Å². The standard InChI is InChI=1S/C14H11BrClF2NO/c1-20-8-5-11(17)13(12(18)6-8)14(19)9-3-2-7(15)4-10(9)16/h2-6,14H,19H2,1H3. The van der Waals surface area contributed by atoms with Crippen LogP contribution in [0.15, 0.2) is 34.8 Å². The number of hydrogen-bond acceptors (Lipinski definition) is 2. The van der Waals surface area contributed by atoms with Gasteiger partial charge in [-0.05, 0) is 17.7 Å². The highest BCUT2D eigenvalue weighted by atomic mass is 79.9. The van der Waals surface area contributed by atoms with Crippen LogP contribution in [0.1, 0.15) is 17.2 Å². The van der Waals surface area contributed by atoms with Gasteiger partial charge in [0.15, 0.2) is 0 Å². The van der Waals surface area contributed by atoms with Crippen LogP contribution in [0.3, 0.4) is 0 Å². The number of benzene rings is 2. The van der Waals surface area contributed by atoms with Crippen LogP contribution < -0.4 is 10.5 Å². The fourth-order valence-electron chi connectivity index (χ4n) is 1.89. The third-order valence-corrected chi connectivity index (χ3v) is 3.72. The van der Waals surface area contributed by atoms with E-state index in [1.165, 1.54) is 7.11 Å². The fourth-order valence-corrected chi connectivity index (χ4v) is 2.68. The molecule has 0 aliphatic heterocycles. The molecule has 6 heteroatoms. The maximum absolute atomic E-state index is 14.0. The van der Waals surface area contributed by atoms with E-state index in [1.807, 2.05) is 0 Å². The molecule has 0 spiro atoms. The summed E-state index contributed by atoms with van der Waals surface area (Å²) >= 11 is 9.32. The van der Waals surface area contributed by atoms with Gasteiger partial charge in [0.25, 0.3) is 0 Å². The van der Waals surface area contributed by atoms with Crippen LogP contribution in [-0.4, -0.2) is 7.11 Å². The average molecular weight is 363 g/mol. The van der Waals surface area contributed by atoms with E-state index >= 15 is 0 Å². The van der Waals surface area contributed by atoms with Gasteiger partial charge < -0.3 is 10.5 Å². The van der Waals surface area contributed by atoms with Gasteiger partial charge in [-0.3, -0.25) is 0 Å². The highest BCUT2D eigenvalue weighted by Gasteiger charge is 2.21. The van der Waals surface area contributed by atoms with Gasteiger partial charge in [0, 0.05) is 27.2 Å². The fraction of sp³-hybridized carbons (Fsp3) is 0.143. The number of hydrogen-bond donors (Lipinski definition) is 1.